The van der Waals surface area contributed by atoms with Crippen LogP contribution >= 0.6 is 0 Å². The van der Waals surface area contributed by atoms with Crippen LogP contribution in [0.2, 0.25) is 0 Å². The molecule has 0 saturated carbocycles. The molecular formula is C8H19N2O+. The van der Waals surface area contributed by atoms with E-state index in [0.29, 0.717) is 6.42 Å². The fourth-order valence-corrected chi connectivity index (χ4v) is 0.795. The summed E-state index contributed by atoms with van der Waals surface area (Å²) in [7, 11) is 4.23. The molecule has 0 heterocycles. The Morgan fingerprint density at radius 2 is 2.09 bits per heavy atom. The van der Waals surface area contributed by atoms with Gasteiger partial charge in [0.2, 0.25) is 5.91 Å². The summed E-state index contributed by atoms with van der Waals surface area (Å²) in [6.45, 7) is 3.80. The Hall–Kier alpha value is -0.570. The average Bonchev–Trinajstić information content (AvgIpc) is 1.97. The first kappa shape index (κ1) is 10.4. The SMILES string of the molecule is CCC(=O)NCCC[NH+](C)C. The highest BCUT2D eigenvalue weighted by molar-refractivity contribution is 5.75. The van der Waals surface area contributed by atoms with Gasteiger partial charge in [0.05, 0.1) is 20.6 Å². The van der Waals surface area contributed by atoms with E-state index in [1.165, 1.54) is 4.90 Å². The summed E-state index contributed by atoms with van der Waals surface area (Å²) in [5.74, 6) is 0.152. The lowest BCUT2D eigenvalue weighted by Crippen LogP contribution is -3.05. The predicted octanol–water partition coefficient (Wildman–Crippen LogP) is -0.953. The number of rotatable bonds is 5. The summed E-state index contributed by atoms with van der Waals surface area (Å²) in [6.07, 6.45) is 1.66. The van der Waals surface area contributed by atoms with Crippen LogP contribution in [0.5, 0.6) is 0 Å². The first-order chi connectivity index (χ1) is 5.16. The van der Waals surface area contributed by atoms with Crippen molar-refractivity contribution in [2.45, 2.75) is 19.8 Å². The highest BCUT2D eigenvalue weighted by atomic mass is 16.1. The molecule has 66 valence electrons. The molecule has 0 aromatic heterocycles. The van der Waals surface area contributed by atoms with Gasteiger partial charge in [-0.05, 0) is 0 Å². The minimum atomic E-state index is 0.152. The molecule has 3 heteroatoms. The number of carbonyl (C=O) groups is 1. The number of hydrogen-bond donors (Lipinski definition) is 2. The smallest absolute Gasteiger partial charge is 0.219 e. The summed E-state index contributed by atoms with van der Waals surface area (Å²) in [5, 5.41) is 2.84. The van der Waals surface area contributed by atoms with Crippen molar-refractivity contribution in [3.63, 3.8) is 0 Å². The van der Waals surface area contributed by atoms with Crippen LogP contribution in [0, 0.1) is 0 Å². The zero-order valence-electron chi connectivity index (χ0n) is 7.74. The predicted molar refractivity (Wildman–Crippen MR) is 45.6 cm³/mol. The van der Waals surface area contributed by atoms with Crippen LogP contribution in [0.4, 0.5) is 0 Å². The van der Waals surface area contributed by atoms with Crippen molar-refractivity contribution in [2.24, 2.45) is 0 Å². The number of carbonyl (C=O) groups excluding carboxylic acids is 1. The Bertz CT molecular complexity index is 113. The van der Waals surface area contributed by atoms with E-state index in [0.717, 1.165) is 19.5 Å². The zero-order chi connectivity index (χ0) is 8.69. The number of quaternary nitrogens is 1. The number of amides is 1. The maximum Gasteiger partial charge on any atom is 0.219 e. The minimum Gasteiger partial charge on any atom is -0.356 e. The van der Waals surface area contributed by atoms with Crippen molar-refractivity contribution in [2.75, 3.05) is 27.2 Å². The normalized spacial score (nSPS) is 10.2. The van der Waals surface area contributed by atoms with Crippen molar-refractivity contribution in [3.8, 4) is 0 Å². The number of hydrogen-bond acceptors (Lipinski definition) is 1. The fourth-order valence-electron chi connectivity index (χ4n) is 0.795. The van der Waals surface area contributed by atoms with E-state index in [4.69, 9.17) is 0 Å². The van der Waals surface area contributed by atoms with Gasteiger partial charge >= 0.3 is 0 Å². The van der Waals surface area contributed by atoms with Crippen LogP contribution < -0.4 is 10.2 Å². The number of nitrogens with one attached hydrogen (secondary N) is 2. The summed E-state index contributed by atoms with van der Waals surface area (Å²) >= 11 is 0. The molecule has 11 heavy (non-hydrogen) atoms. The quantitative estimate of drug-likeness (QED) is 0.498. The van der Waals surface area contributed by atoms with Crippen LogP contribution in [-0.2, 0) is 4.79 Å². The third-order valence-corrected chi connectivity index (χ3v) is 1.50. The van der Waals surface area contributed by atoms with Gasteiger partial charge in [0.1, 0.15) is 0 Å². The van der Waals surface area contributed by atoms with Gasteiger partial charge in [-0.2, -0.15) is 0 Å². The van der Waals surface area contributed by atoms with E-state index in [9.17, 15) is 4.79 Å². The van der Waals surface area contributed by atoms with Gasteiger partial charge in [0.15, 0.2) is 0 Å². The molecule has 0 atom stereocenters. The van der Waals surface area contributed by atoms with Gasteiger partial charge < -0.3 is 10.2 Å². The third-order valence-electron chi connectivity index (χ3n) is 1.50. The van der Waals surface area contributed by atoms with Gasteiger partial charge in [0, 0.05) is 19.4 Å². The Labute approximate surface area is 68.8 Å². The van der Waals surface area contributed by atoms with Gasteiger partial charge in [-0.15, -0.1) is 0 Å². The summed E-state index contributed by atoms with van der Waals surface area (Å²) in [4.78, 5) is 12.2. The topological polar surface area (TPSA) is 33.5 Å². The lowest BCUT2D eigenvalue weighted by molar-refractivity contribution is -0.858. The van der Waals surface area contributed by atoms with E-state index in [-0.39, 0.29) is 5.91 Å². The highest BCUT2D eigenvalue weighted by Gasteiger charge is 1.96. The Balaban J connectivity index is 3.08. The van der Waals surface area contributed by atoms with E-state index < -0.39 is 0 Å². The molecule has 0 aromatic carbocycles. The van der Waals surface area contributed by atoms with Crippen molar-refractivity contribution in [1.82, 2.24) is 5.32 Å². The van der Waals surface area contributed by atoms with E-state index >= 15 is 0 Å². The molecule has 1 amide bonds. The molecule has 0 aromatic rings. The molecule has 0 bridgehead atoms. The molecule has 0 saturated heterocycles. The van der Waals surface area contributed by atoms with Gasteiger partial charge in [0.25, 0.3) is 0 Å². The first-order valence-electron chi connectivity index (χ1n) is 4.22. The summed E-state index contributed by atoms with van der Waals surface area (Å²) in [5.41, 5.74) is 0. The van der Waals surface area contributed by atoms with Crippen LogP contribution in [0.1, 0.15) is 19.8 Å². The van der Waals surface area contributed by atoms with E-state index in [2.05, 4.69) is 19.4 Å². The third kappa shape index (κ3) is 7.33. The standard InChI is InChI=1S/C8H18N2O/c1-4-8(11)9-6-5-7-10(2)3/h4-7H2,1-3H3,(H,9,11)/p+1. The summed E-state index contributed by atoms with van der Waals surface area (Å²) in [6, 6.07) is 0. The molecule has 0 aliphatic carbocycles. The van der Waals surface area contributed by atoms with Gasteiger partial charge in [-0.25, -0.2) is 0 Å². The Kier molecular flexibility index (Phi) is 5.84. The van der Waals surface area contributed by atoms with E-state index in [1.807, 2.05) is 6.92 Å². The van der Waals surface area contributed by atoms with Crippen molar-refractivity contribution < 1.29 is 9.69 Å². The maximum absolute atomic E-state index is 10.7. The first-order valence-corrected chi connectivity index (χ1v) is 4.22. The minimum absolute atomic E-state index is 0.152. The molecule has 0 unspecified atom stereocenters. The van der Waals surface area contributed by atoms with Crippen molar-refractivity contribution in [1.29, 1.82) is 0 Å². The molecule has 0 rings (SSSR count). The monoisotopic (exact) mass is 159 g/mol. The highest BCUT2D eigenvalue weighted by Crippen LogP contribution is 1.75. The Morgan fingerprint density at radius 1 is 1.45 bits per heavy atom. The molecule has 0 fully saturated rings. The molecule has 2 N–H and O–H groups in total. The van der Waals surface area contributed by atoms with Crippen molar-refractivity contribution >= 4 is 5.91 Å². The largest absolute Gasteiger partial charge is 0.356 e. The van der Waals surface area contributed by atoms with Gasteiger partial charge in [-0.1, -0.05) is 6.92 Å². The molecular weight excluding hydrogens is 140 g/mol. The Morgan fingerprint density at radius 3 is 2.55 bits per heavy atom. The van der Waals surface area contributed by atoms with Crippen LogP contribution in [0.3, 0.4) is 0 Å². The second-order valence-corrected chi connectivity index (χ2v) is 3.01. The van der Waals surface area contributed by atoms with E-state index in [1.54, 1.807) is 0 Å². The van der Waals surface area contributed by atoms with Crippen LogP contribution in [0.25, 0.3) is 0 Å². The molecule has 0 radical (unpaired) electrons. The molecule has 3 nitrogen and oxygen atoms in total. The van der Waals surface area contributed by atoms with Crippen LogP contribution in [0.15, 0.2) is 0 Å². The second kappa shape index (κ2) is 6.16. The maximum atomic E-state index is 10.7. The van der Waals surface area contributed by atoms with Gasteiger partial charge in [-0.3, -0.25) is 4.79 Å². The van der Waals surface area contributed by atoms with Crippen molar-refractivity contribution in [3.05, 3.63) is 0 Å². The molecule has 0 spiro atoms. The lowest BCUT2D eigenvalue weighted by Gasteiger charge is -2.06. The summed E-state index contributed by atoms with van der Waals surface area (Å²) < 4.78 is 0. The average molecular weight is 159 g/mol. The zero-order valence-corrected chi connectivity index (χ0v) is 7.74. The molecule has 0 aliphatic rings. The fraction of sp³-hybridized carbons (Fsp3) is 0.875. The second-order valence-electron chi connectivity index (χ2n) is 3.01. The van der Waals surface area contributed by atoms with Crippen LogP contribution in [-0.4, -0.2) is 33.1 Å². The molecule has 0 aliphatic heterocycles. The lowest BCUT2D eigenvalue weighted by atomic mass is 10.4.